The van der Waals surface area contributed by atoms with Crippen LogP contribution in [0.1, 0.15) is 19.8 Å². The molecule has 0 aliphatic carbocycles. The Morgan fingerprint density at radius 2 is 2.00 bits per heavy atom. The van der Waals surface area contributed by atoms with E-state index in [1.54, 1.807) is 0 Å². The first-order chi connectivity index (χ1) is 9.81. The summed E-state index contributed by atoms with van der Waals surface area (Å²) in [6.45, 7) is 1.26. The molecule has 0 bridgehead atoms. The second kappa shape index (κ2) is 6.13. The molecule has 9 nitrogen and oxygen atoms in total. The third-order valence-corrected chi connectivity index (χ3v) is 4.12. The Balaban J connectivity index is 2.09. The third-order valence-electron chi connectivity index (χ3n) is 4.12. The molecule has 0 aromatic rings. The lowest BCUT2D eigenvalue weighted by atomic mass is 9.99. The van der Waals surface area contributed by atoms with Crippen molar-refractivity contribution in [3.8, 4) is 0 Å². The van der Waals surface area contributed by atoms with Crippen LogP contribution in [0, 0.1) is 0 Å². The molecule has 2 aliphatic rings. The van der Waals surface area contributed by atoms with Crippen molar-refractivity contribution in [3.05, 3.63) is 0 Å². The minimum absolute atomic E-state index is 0.331. The predicted octanol–water partition coefficient (Wildman–Crippen LogP) is -2.34. The number of ether oxygens (including phenoxy) is 1. The highest BCUT2D eigenvalue weighted by atomic mass is 16.8. The number of aliphatic hydroxyl groups is 4. The molecule has 1 unspecified atom stereocenters. The van der Waals surface area contributed by atoms with E-state index in [2.05, 4.69) is 0 Å². The zero-order valence-electron chi connectivity index (χ0n) is 11.6. The second-order valence-electron chi connectivity index (χ2n) is 5.59. The van der Waals surface area contributed by atoms with Crippen LogP contribution in [0.2, 0.25) is 0 Å². The fraction of sp³-hybridized carbons (Fsp3) is 0.917. The van der Waals surface area contributed by atoms with Crippen LogP contribution in [-0.4, -0.2) is 86.0 Å². The topological polar surface area (TPSA) is 140 Å². The molecule has 2 saturated heterocycles. The zero-order valence-corrected chi connectivity index (χ0v) is 11.6. The fourth-order valence-electron chi connectivity index (χ4n) is 2.60. The number of hydrogen-bond acceptors (Lipinski definition) is 8. The van der Waals surface area contributed by atoms with Gasteiger partial charge in [0.25, 0.3) is 0 Å². The predicted molar refractivity (Wildman–Crippen MR) is 66.8 cm³/mol. The van der Waals surface area contributed by atoms with Crippen molar-refractivity contribution in [1.29, 1.82) is 0 Å². The molecule has 0 amide bonds. The average Bonchev–Trinajstić information content (AvgIpc) is 2.82. The van der Waals surface area contributed by atoms with Crippen molar-refractivity contribution in [2.45, 2.75) is 56.0 Å². The van der Waals surface area contributed by atoms with Gasteiger partial charge in [0.2, 0.25) is 6.29 Å². The quantitative estimate of drug-likeness (QED) is 0.386. The molecule has 2 heterocycles. The minimum atomic E-state index is -1.56. The van der Waals surface area contributed by atoms with E-state index < -0.39 is 48.8 Å². The number of hydrogen-bond donors (Lipinski definition) is 5. The van der Waals surface area contributed by atoms with Gasteiger partial charge in [0.15, 0.2) is 0 Å². The Labute approximate surface area is 121 Å². The highest BCUT2D eigenvalue weighted by molar-refractivity contribution is 5.78. The van der Waals surface area contributed by atoms with Gasteiger partial charge in [-0.15, -0.1) is 0 Å². The van der Waals surface area contributed by atoms with Crippen molar-refractivity contribution in [2.75, 3.05) is 13.2 Å². The van der Waals surface area contributed by atoms with Crippen molar-refractivity contribution >= 4 is 5.97 Å². The lowest BCUT2D eigenvalue weighted by Crippen LogP contribution is -2.61. The summed E-state index contributed by atoms with van der Waals surface area (Å²) in [5.41, 5.74) is -1.25. The van der Waals surface area contributed by atoms with E-state index in [-0.39, 0.29) is 0 Å². The first kappa shape index (κ1) is 16.6. The van der Waals surface area contributed by atoms with Gasteiger partial charge in [-0.1, -0.05) is 0 Å². The molecule has 21 heavy (non-hydrogen) atoms. The molecule has 122 valence electrons. The molecule has 0 aromatic carbocycles. The standard InChI is InChI=1S/C12H21NO8/c1-12(11(18)19)3-2-4-13(12)21-10-9(17)8(16)7(15)6(5-14)20-10/h6-10,14-17H,2-5H2,1H3,(H,18,19)/t6-,7-,8+,9-,10?,12-/m1/s1. The molecule has 2 rings (SSSR count). The Bertz CT molecular complexity index is 391. The summed E-state index contributed by atoms with van der Waals surface area (Å²) in [6, 6.07) is 0. The minimum Gasteiger partial charge on any atom is -0.480 e. The summed E-state index contributed by atoms with van der Waals surface area (Å²) in [5.74, 6) is -1.07. The van der Waals surface area contributed by atoms with Crippen LogP contribution in [0.15, 0.2) is 0 Å². The monoisotopic (exact) mass is 307 g/mol. The molecule has 6 atom stereocenters. The molecule has 2 fully saturated rings. The van der Waals surface area contributed by atoms with E-state index in [1.807, 2.05) is 0 Å². The number of hydroxylamine groups is 2. The second-order valence-corrected chi connectivity index (χ2v) is 5.59. The molecule has 9 heteroatoms. The number of carboxylic acid groups (broad SMARTS) is 1. The maximum atomic E-state index is 11.3. The van der Waals surface area contributed by atoms with Gasteiger partial charge < -0.3 is 30.3 Å². The molecule has 0 saturated carbocycles. The number of aliphatic carboxylic acids is 1. The van der Waals surface area contributed by atoms with Crippen LogP contribution in [0.3, 0.4) is 0 Å². The van der Waals surface area contributed by atoms with Crippen LogP contribution >= 0.6 is 0 Å². The van der Waals surface area contributed by atoms with Gasteiger partial charge in [0, 0.05) is 6.54 Å². The number of aliphatic hydroxyl groups excluding tert-OH is 4. The summed E-state index contributed by atoms with van der Waals surface area (Å²) in [7, 11) is 0. The number of nitrogens with zero attached hydrogens (tertiary/aromatic N) is 1. The maximum Gasteiger partial charge on any atom is 0.326 e. The van der Waals surface area contributed by atoms with Gasteiger partial charge in [-0.05, 0) is 19.8 Å². The van der Waals surface area contributed by atoms with Gasteiger partial charge >= 0.3 is 5.97 Å². The summed E-state index contributed by atoms with van der Waals surface area (Å²) >= 11 is 0. The Hall–Kier alpha value is -0.810. The molecule has 0 spiro atoms. The van der Waals surface area contributed by atoms with Crippen LogP contribution in [0.25, 0.3) is 0 Å². The molecule has 0 radical (unpaired) electrons. The number of rotatable bonds is 4. The highest BCUT2D eigenvalue weighted by Gasteiger charge is 2.50. The van der Waals surface area contributed by atoms with Gasteiger partial charge in [-0.2, -0.15) is 5.06 Å². The van der Waals surface area contributed by atoms with Crippen molar-refractivity contribution < 1.29 is 39.9 Å². The molecule has 0 aromatic heterocycles. The third kappa shape index (κ3) is 2.90. The van der Waals surface area contributed by atoms with E-state index in [0.717, 1.165) is 0 Å². The van der Waals surface area contributed by atoms with Crippen LogP contribution in [0.4, 0.5) is 0 Å². The maximum absolute atomic E-state index is 11.3. The Morgan fingerprint density at radius 1 is 1.33 bits per heavy atom. The molecule has 2 aliphatic heterocycles. The van der Waals surface area contributed by atoms with E-state index in [4.69, 9.17) is 14.7 Å². The van der Waals surface area contributed by atoms with Gasteiger partial charge in [0.05, 0.1) is 6.61 Å². The summed E-state index contributed by atoms with van der Waals surface area (Å²) in [5, 5.41) is 48.8. The lowest BCUT2D eigenvalue weighted by molar-refractivity contribution is -0.371. The first-order valence-electron chi connectivity index (χ1n) is 6.79. The largest absolute Gasteiger partial charge is 0.480 e. The lowest BCUT2D eigenvalue weighted by Gasteiger charge is -2.42. The molecular formula is C12H21NO8. The number of carbonyl (C=O) groups is 1. The van der Waals surface area contributed by atoms with Crippen molar-refractivity contribution in [2.24, 2.45) is 0 Å². The SMILES string of the molecule is C[C@]1(C(=O)O)CCCN1OC1O[C@H](CO)[C@@H](O)[C@H](O)[C@H]1O. The van der Waals surface area contributed by atoms with Crippen LogP contribution in [0.5, 0.6) is 0 Å². The zero-order chi connectivity index (χ0) is 15.8. The summed E-state index contributed by atoms with van der Waals surface area (Å²) in [6.07, 6.45) is -6.07. The Kier molecular flexibility index (Phi) is 4.83. The van der Waals surface area contributed by atoms with Gasteiger partial charge in [-0.25, -0.2) is 0 Å². The highest BCUT2D eigenvalue weighted by Crippen LogP contribution is 2.32. The van der Waals surface area contributed by atoms with E-state index in [9.17, 15) is 25.2 Å². The van der Waals surface area contributed by atoms with Gasteiger partial charge in [0.1, 0.15) is 30.0 Å². The smallest absolute Gasteiger partial charge is 0.326 e. The van der Waals surface area contributed by atoms with Crippen molar-refractivity contribution in [3.63, 3.8) is 0 Å². The van der Waals surface area contributed by atoms with Crippen LogP contribution < -0.4 is 0 Å². The van der Waals surface area contributed by atoms with Crippen molar-refractivity contribution in [1.82, 2.24) is 5.06 Å². The molecular weight excluding hydrogens is 286 g/mol. The fourth-order valence-corrected chi connectivity index (χ4v) is 2.60. The normalized spacial score (nSPS) is 44.9. The number of carboxylic acids is 1. The van der Waals surface area contributed by atoms with Gasteiger partial charge in [-0.3, -0.25) is 9.63 Å². The first-order valence-corrected chi connectivity index (χ1v) is 6.79. The molecule has 5 N–H and O–H groups in total. The van der Waals surface area contributed by atoms with Crippen LogP contribution in [-0.2, 0) is 14.4 Å². The van der Waals surface area contributed by atoms with E-state index in [1.165, 1.54) is 12.0 Å². The van der Waals surface area contributed by atoms with E-state index >= 15 is 0 Å². The summed E-state index contributed by atoms with van der Waals surface area (Å²) in [4.78, 5) is 16.7. The average molecular weight is 307 g/mol. The summed E-state index contributed by atoms with van der Waals surface area (Å²) < 4.78 is 5.20. The Morgan fingerprint density at radius 3 is 2.57 bits per heavy atom. The van der Waals surface area contributed by atoms with E-state index in [0.29, 0.717) is 19.4 Å².